The van der Waals surface area contributed by atoms with Crippen LogP contribution in [0.15, 0.2) is 21.1 Å². The van der Waals surface area contributed by atoms with Gasteiger partial charge in [0.15, 0.2) is 6.61 Å². The van der Waals surface area contributed by atoms with Crippen molar-refractivity contribution in [2.24, 2.45) is 0 Å². The highest BCUT2D eigenvalue weighted by Gasteiger charge is 2.10. The first-order valence-electron chi connectivity index (χ1n) is 5.60. The number of hydrogen-bond acceptors (Lipinski definition) is 3. The van der Waals surface area contributed by atoms with Gasteiger partial charge in [-0.25, -0.2) is 0 Å². The smallest absolute Gasteiger partial charge is 0.257 e. The molecule has 4 nitrogen and oxygen atoms in total. The van der Waals surface area contributed by atoms with Crippen LogP contribution in [0.2, 0.25) is 0 Å². The van der Waals surface area contributed by atoms with Crippen LogP contribution in [0.4, 0.5) is 0 Å². The average Bonchev–Trinajstić information content (AvgIpc) is 2.34. The van der Waals surface area contributed by atoms with Crippen LogP contribution in [0.1, 0.15) is 12.5 Å². The highest BCUT2D eigenvalue weighted by atomic mass is 79.9. The first-order valence-corrected chi connectivity index (χ1v) is 7.19. The maximum absolute atomic E-state index is 11.1. The zero-order chi connectivity index (χ0) is 13.5. The lowest BCUT2D eigenvalue weighted by Gasteiger charge is -2.12. The van der Waals surface area contributed by atoms with Gasteiger partial charge in [0, 0.05) is 13.6 Å². The molecular formula is C12H16Br2N2O2. The van der Waals surface area contributed by atoms with E-state index in [2.05, 4.69) is 49.4 Å². The number of rotatable bonds is 6. The van der Waals surface area contributed by atoms with Gasteiger partial charge < -0.3 is 15.4 Å². The number of carbonyl (C=O) groups excluding carboxylic acids is 1. The second-order valence-corrected chi connectivity index (χ2v) is 5.34. The summed E-state index contributed by atoms with van der Waals surface area (Å²) in [7, 11) is 1.58. The minimum absolute atomic E-state index is 0.000255. The van der Waals surface area contributed by atoms with Crippen molar-refractivity contribution >= 4 is 37.8 Å². The lowest BCUT2D eigenvalue weighted by atomic mass is 10.2. The van der Waals surface area contributed by atoms with Gasteiger partial charge in [0.25, 0.3) is 5.91 Å². The summed E-state index contributed by atoms with van der Waals surface area (Å²) in [5.41, 5.74) is 1.14. The standard InChI is InChI=1S/C12H16Br2N2O2/c1-3-16-6-8-4-9(13)12(10(14)5-8)18-7-11(17)15-2/h4-5,16H,3,6-7H2,1-2H3,(H,15,17). The molecule has 0 saturated carbocycles. The van der Waals surface area contributed by atoms with Gasteiger partial charge in [-0.3, -0.25) is 4.79 Å². The molecule has 0 bridgehead atoms. The molecule has 0 heterocycles. The third-order valence-corrected chi connectivity index (χ3v) is 3.44. The van der Waals surface area contributed by atoms with Gasteiger partial charge in [-0.2, -0.15) is 0 Å². The lowest BCUT2D eigenvalue weighted by molar-refractivity contribution is -0.122. The van der Waals surface area contributed by atoms with Crippen LogP contribution in [0.25, 0.3) is 0 Å². The lowest BCUT2D eigenvalue weighted by Crippen LogP contribution is -2.25. The molecule has 0 saturated heterocycles. The summed E-state index contributed by atoms with van der Waals surface area (Å²) >= 11 is 6.89. The Labute approximate surface area is 124 Å². The summed E-state index contributed by atoms with van der Waals surface area (Å²) in [6, 6.07) is 3.96. The van der Waals surface area contributed by atoms with E-state index in [9.17, 15) is 4.79 Å². The molecular weight excluding hydrogens is 364 g/mol. The second kappa shape index (κ2) is 7.76. The zero-order valence-electron chi connectivity index (χ0n) is 10.3. The predicted octanol–water partition coefficient (Wildman–Crippen LogP) is 2.45. The van der Waals surface area contributed by atoms with Gasteiger partial charge in [-0.1, -0.05) is 6.92 Å². The van der Waals surface area contributed by atoms with E-state index in [0.29, 0.717) is 5.75 Å². The van der Waals surface area contributed by atoms with E-state index in [0.717, 1.165) is 27.6 Å². The number of amides is 1. The molecule has 1 aromatic rings. The maximum Gasteiger partial charge on any atom is 0.257 e. The minimum Gasteiger partial charge on any atom is -0.481 e. The molecule has 0 atom stereocenters. The van der Waals surface area contributed by atoms with E-state index in [-0.39, 0.29) is 12.5 Å². The Kier molecular flexibility index (Phi) is 6.67. The maximum atomic E-state index is 11.1. The van der Waals surface area contributed by atoms with Gasteiger partial charge >= 0.3 is 0 Å². The molecule has 0 aliphatic heterocycles. The summed E-state index contributed by atoms with van der Waals surface area (Å²) < 4.78 is 7.11. The number of carbonyl (C=O) groups is 1. The largest absolute Gasteiger partial charge is 0.481 e. The third-order valence-electron chi connectivity index (χ3n) is 2.26. The quantitative estimate of drug-likeness (QED) is 0.798. The van der Waals surface area contributed by atoms with E-state index in [1.807, 2.05) is 12.1 Å². The third kappa shape index (κ3) is 4.59. The van der Waals surface area contributed by atoms with Crippen LogP contribution < -0.4 is 15.4 Å². The molecule has 1 amide bonds. The van der Waals surface area contributed by atoms with Crippen molar-refractivity contribution < 1.29 is 9.53 Å². The van der Waals surface area contributed by atoms with Crippen LogP contribution in [0.3, 0.4) is 0 Å². The summed E-state index contributed by atoms with van der Waals surface area (Å²) in [5.74, 6) is 0.476. The molecule has 0 aliphatic rings. The Hall–Kier alpha value is -0.590. The van der Waals surface area contributed by atoms with Crippen molar-refractivity contribution in [1.29, 1.82) is 0 Å². The molecule has 6 heteroatoms. The van der Waals surface area contributed by atoms with E-state index < -0.39 is 0 Å². The van der Waals surface area contributed by atoms with Crippen LogP contribution in [0, 0.1) is 0 Å². The SMILES string of the molecule is CCNCc1cc(Br)c(OCC(=O)NC)c(Br)c1. The Morgan fingerprint density at radius 2 is 1.94 bits per heavy atom. The molecule has 1 rings (SSSR count). The molecule has 0 spiro atoms. The number of hydrogen-bond donors (Lipinski definition) is 2. The first kappa shape index (κ1) is 15.5. The molecule has 0 aliphatic carbocycles. The van der Waals surface area contributed by atoms with E-state index in [1.165, 1.54) is 0 Å². The monoisotopic (exact) mass is 378 g/mol. The van der Waals surface area contributed by atoms with Gasteiger partial charge in [-0.15, -0.1) is 0 Å². The Morgan fingerprint density at radius 1 is 1.33 bits per heavy atom. The van der Waals surface area contributed by atoms with Crippen molar-refractivity contribution in [2.75, 3.05) is 20.2 Å². The van der Waals surface area contributed by atoms with Gasteiger partial charge in [0.2, 0.25) is 0 Å². The van der Waals surface area contributed by atoms with Crippen molar-refractivity contribution in [3.05, 3.63) is 26.6 Å². The van der Waals surface area contributed by atoms with Crippen LogP contribution in [-0.2, 0) is 11.3 Å². The Bertz CT molecular complexity index is 402. The number of halogens is 2. The summed E-state index contributed by atoms with van der Waals surface area (Å²) in [4.78, 5) is 11.1. The minimum atomic E-state index is -0.162. The Balaban J connectivity index is 2.77. The van der Waals surface area contributed by atoms with Gasteiger partial charge in [0.05, 0.1) is 8.95 Å². The number of likely N-dealkylation sites (N-methyl/N-ethyl adjacent to an activating group) is 1. The van der Waals surface area contributed by atoms with Crippen LogP contribution >= 0.6 is 31.9 Å². The van der Waals surface area contributed by atoms with E-state index >= 15 is 0 Å². The normalized spacial score (nSPS) is 10.2. The van der Waals surface area contributed by atoms with Crippen molar-refractivity contribution in [1.82, 2.24) is 10.6 Å². The molecule has 100 valence electrons. The Morgan fingerprint density at radius 3 is 2.44 bits per heavy atom. The fraction of sp³-hybridized carbons (Fsp3) is 0.417. The summed E-state index contributed by atoms with van der Waals surface area (Å²) in [6.07, 6.45) is 0. The van der Waals surface area contributed by atoms with E-state index in [1.54, 1.807) is 7.05 Å². The molecule has 0 fully saturated rings. The van der Waals surface area contributed by atoms with E-state index in [4.69, 9.17) is 4.74 Å². The van der Waals surface area contributed by atoms with Crippen molar-refractivity contribution in [2.45, 2.75) is 13.5 Å². The first-order chi connectivity index (χ1) is 8.58. The molecule has 0 radical (unpaired) electrons. The highest BCUT2D eigenvalue weighted by molar-refractivity contribution is 9.11. The molecule has 0 unspecified atom stereocenters. The van der Waals surface area contributed by atoms with Gasteiger partial charge in [-0.05, 0) is 56.1 Å². The fourth-order valence-corrected chi connectivity index (χ4v) is 2.84. The van der Waals surface area contributed by atoms with Crippen LogP contribution in [-0.4, -0.2) is 26.1 Å². The van der Waals surface area contributed by atoms with Crippen molar-refractivity contribution in [3.8, 4) is 5.75 Å². The topological polar surface area (TPSA) is 50.4 Å². The fourth-order valence-electron chi connectivity index (χ4n) is 1.33. The number of ether oxygens (including phenoxy) is 1. The molecule has 0 aromatic heterocycles. The van der Waals surface area contributed by atoms with Crippen LogP contribution in [0.5, 0.6) is 5.75 Å². The number of benzene rings is 1. The predicted molar refractivity (Wildman–Crippen MR) is 78.8 cm³/mol. The summed E-state index contributed by atoms with van der Waals surface area (Å²) in [6.45, 7) is 3.78. The number of nitrogens with one attached hydrogen (secondary N) is 2. The van der Waals surface area contributed by atoms with Gasteiger partial charge in [0.1, 0.15) is 5.75 Å². The molecule has 2 N–H and O–H groups in total. The average molecular weight is 380 g/mol. The summed E-state index contributed by atoms with van der Waals surface area (Å²) in [5, 5.41) is 5.76. The van der Waals surface area contributed by atoms with Crippen molar-refractivity contribution in [3.63, 3.8) is 0 Å². The zero-order valence-corrected chi connectivity index (χ0v) is 13.5. The molecule has 1 aromatic carbocycles. The highest BCUT2D eigenvalue weighted by Crippen LogP contribution is 2.34. The second-order valence-electron chi connectivity index (χ2n) is 3.63. The molecule has 18 heavy (non-hydrogen) atoms.